The van der Waals surface area contributed by atoms with E-state index in [2.05, 4.69) is 31.8 Å². The van der Waals surface area contributed by atoms with Crippen LogP contribution in [-0.4, -0.2) is 11.9 Å². The number of thiol groups is 1. The van der Waals surface area contributed by atoms with Crippen molar-refractivity contribution >= 4 is 12.6 Å². The molecule has 0 spiro atoms. The van der Waals surface area contributed by atoms with Crippen molar-refractivity contribution in [3.63, 3.8) is 0 Å². The van der Waals surface area contributed by atoms with Gasteiger partial charge in [0.15, 0.2) is 0 Å². The maximum Gasteiger partial charge on any atom is 0.0473 e. The lowest BCUT2D eigenvalue weighted by atomic mass is 10.1. The maximum absolute atomic E-state index is 4.19. The van der Waals surface area contributed by atoms with Gasteiger partial charge in [0.2, 0.25) is 0 Å². The summed E-state index contributed by atoms with van der Waals surface area (Å²) in [7, 11) is 0. The zero-order valence-electron chi connectivity index (χ0n) is 6.52. The Hall–Kier alpha value is 0.310. The Morgan fingerprint density at radius 2 is 1.89 bits per heavy atom. The normalized spacial score (nSPS) is 14.3. The number of rotatable bonds is 4. The first-order valence-corrected chi connectivity index (χ1v) is 4.06. The fourth-order valence-electron chi connectivity index (χ4n) is 0.581. The first-order chi connectivity index (χ1) is 4.13. The molecule has 56 valence electrons. The second kappa shape index (κ2) is 5.12. The van der Waals surface area contributed by atoms with E-state index >= 15 is 0 Å². The molecule has 0 heterocycles. The van der Waals surface area contributed by atoms with Crippen LogP contribution in [0.15, 0.2) is 0 Å². The zero-order chi connectivity index (χ0) is 7.28. The highest BCUT2D eigenvalue weighted by Gasteiger charge is 1.94. The van der Waals surface area contributed by atoms with Crippen molar-refractivity contribution in [2.24, 2.45) is 5.92 Å². The van der Waals surface area contributed by atoms with Crippen LogP contribution in [0.25, 0.3) is 0 Å². The Balaban J connectivity index is 2.91. The molecule has 0 amide bonds. The molecular weight excluding hydrogens is 130 g/mol. The summed E-state index contributed by atoms with van der Waals surface area (Å²) in [5.41, 5.74) is 0. The van der Waals surface area contributed by atoms with Crippen molar-refractivity contribution in [2.75, 3.05) is 6.54 Å². The van der Waals surface area contributed by atoms with E-state index in [-0.39, 0.29) is 0 Å². The number of nitrogens with one attached hydrogen (secondary N) is 1. The van der Waals surface area contributed by atoms with Crippen molar-refractivity contribution < 1.29 is 0 Å². The molecule has 0 aromatic carbocycles. The molecule has 0 aromatic rings. The minimum absolute atomic E-state index is 0.337. The van der Waals surface area contributed by atoms with Gasteiger partial charge in [-0.2, -0.15) is 12.6 Å². The summed E-state index contributed by atoms with van der Waals surface area (Å²) in [4.78, 5) is 0. The summed E-state index contributed by atoms with van der Waals surface area (Å²) in [6.45, 7) is 7.58. The average molecular weight is 147 g/mol. The number of hydrogen-bond acceptors (Lipinski definition) is 2. The molecule has 0 aliphatic rings. The third-order valence-corrected chi connectivity index (χ3v) is 1.34. The van der Waals surface area contributed by atoms with Gasteiger partial charge in [0.05, 0.1) is 0 Å². The van der Waals surface area contributed by atoms with Crippen LogP contribution in [0.1, 0.15) is 27.2 Å². The maximum atomic E-state index is 4.19. The van der Waals surface area contributed by atoms with Crippen LogP contribution in [-0.2, 0) is 0 Å². The van der Waals surface area contributed by atoms with Crippen molar-refractivity contribution in [2.45, 2.75) is 32.6 Å². The molecule has 1 nitrogen and oxygen atoms in total. The van der Waals surface area contributed by atoms with Crippen molar-refractivity contribution in [3.8, 4) is 0 Å². The zero-order valence-corrected chi connectivity index (χ0v) is 7.41. The van der Waals surface area contributed by atoms with Gasteiger partial charge in [0.25, 0.3) is 0 Å². The SMILES string of the molecule is CC(C)CCN[C@H](C)S. The smallest absolute Gasteiger partial charge is 0.0473 e. The van der Waals surface area contributed by atoms with E-state index in [0.29, 0.717) is 5.37 Å². The molecule has 2 heteroatoms. The van der Waals surface area contributed by atoms with Crippen LogP contribution in [0, 0.1) is 5.92 Å². The molecule has 1 N–H and O–H groups in total. The summed E-state index contributed by atoms with van der Waals surface area (Å²) in [5.74, 6) is 0.796. The third kappa shape index (κ3) is 8.31. The predicted octanol–water partition coefficient (Wildman–Crippen LogP) is 1.90. The lowest BCUT2D eigenvalue weighted by Gasteiger charge is -2.08. The van der Waals surface area contributed by atoms with Gasteiger partial charge in [-0.15, -0.1) is 0 Å². The van der Waals surface area contributed by atoms with Gasteiger partial charge in [0, 0.05) is 5.37 Å². The van der Waals surface area contributed by atoms with Gasteiger partial charge in [-0.1, -0.05) is 13.8 Å². The predicted molar refractivity (Wildman–Crippen MR) is 45.9 cm³/mol. The third-order valence-electron chi connectivity index (χ3n) is 1.16. The topological polar surface area (TPSA) is 12.0 Å². The van der Waals surface area contributed by atoms with Crippen LogP contribution < -0.4 is 5.32 Å². The summed E-state index contributed by atoms with van der Waals surface area (Å²) in [6, 6.07) is 0. The second-order valence-electron chi connectivity index (χ2n) is 2.81. The second-order valence-corrected chi connectivity index (χ2v) is 3.59. The van der Waals surface area contributed by atoms with E-state index in [0.717, 1.165) is 12.5 Å². The van der Waals surface area contributed by atoms with Crippen LogP contribution >= 0.6 is 12.6 Å². The lowest BCUT2D eigenvalue weighted by molar-refractivity contribution is 0.538. The molecule has 0 aliphatic heterocycles. The van der Waals surface area contributed by atoms with Gasteiger partial charge in [0.1, 0.15) is 0 Å². The van der Waals surface area contributed by atoms with Crippen LogP contribution in [0.5, 0.6) is 0 Å². The van der Waals surface area contributed by atoms with Gasteiger partial charge >= 0.3 is 0 Å². The summed E-state index contributed by atoms with van der Waals surface area (Å²) in [6.07, 6.45) is 1.24. The highest BCUT2D eigenvalue weighted by molar-refractivity contribution is 7.80. The van der Waals surface area contributed by atoms with Gasteiger partial charge in [-0.05, 0) is 25.8 Å². The fourth-order valence-corrected chi connectivity index (χ4v) is 0.710. The summed E-state index contributed by atoms with van der Waals surface area (Å²) in [5, 5.41) is 3.58. The van der Waals surface area contributed by atoms with Crippen LogP contribution in [0.4, 0.5) is 0 Å². The van der Waals surface area contributed by atoms with Crippen molar-refractivity contribution in [1.82, 2.24) is 5.32 Å². The van der Waals surface area contributed by atoms with Crippen molar-refractivity contribution in [3.05, 3.63) is 0 Å². The largest absolute Gasteiger partial charge is 0.306 e. The Kier molecular flexibility index (Phi) is 5.30. The van der Waals surface area contributed by atoms with E-state index in [1.54, 1.807) is 0 Å². The van der Waals surface area contributed by atoms with E-state index in [9.17, 15) is 0 Å². The van der Waals surface area contributed by atoms with Crippen LogP contribution in [0.2, 0.25) is 0 Å². The molecular formula is C7H17NS. The molecule has 0 bridgehead atoms. The standard InChI is InChI=1S/C7H17NS/c1-6(2)4-5-8-7(3)9/h6-9H,4-5H2,1-3H3/t7-/m0/s1. The fraction of sp³-hybridized carbons (Fsp3) is 1.00. The lowest BCUT2D eigenvalue weighted by Crippen LogP contribution is -2.22. The quantitative estimate of drug-likeness (QED) is 0.457. The first kappa shape index (κ1) is 9.31. The minimum atomic E-state index is 0.337. The highest BCUT2D eigenvalue weighted by Crippen LogP contribution is 1.97. The van der Waals surface area contributed by atoms with E-state index in [4.69, 9.17) is 0 Å². The van der Waals surface area contributed by atoms with E-state index < -0.39 is 0 Å². The Morgan fingerprint density at radius 1 is 1.33 bits per heavy atom. The summed E-state index contributed by atoms with van der Waals surface area (Å²) >= 11 is 4.19. The molecule has 0 rings (SSSR count). The molecule has 9 heavy (non-hydrogen) atoms. The first-order valence-electron chi connectivity index (χ1n) is 3.54. The van der Waals surface area contributed by atoms with E-state index in [1.165, 1.54) is 6.42 Å². The highest BCUT2D eigenvalue weighted by atomic mass is 32.1. The molecule has 1 atom stereocenters. The van der Waals surface area contributed by atoms with Crippen LogP contribution in [0.3, 0.4) is 0 Å². The monoisotopic (exact) mass is 147 g/mol. The Morgan fingerprint density at radius 3 is 2.22 bits per heavy atom. The Bertz CT molecular complexity index is 53.9. The van der Waals surface area contributed by atoms with Gasteiger partial charge in [-0.3, -0.25) is 0 Å². The molecule has 0 saturated heterocycles. The molecule has 0 fully saturated rings. The molecule has 0 aromatic heterocycles. The molecule has 0 saturated carbocycles. The molecule has 0 aliphatic carbocycles. The van der Waals surface area contributed by atoms with Gasteiger partial charge in [-0.25, -0.2) is 0 Å². The molecule has 0 radical (unpaired) electrons. The van der Waals surface area contributed by atoms with Crippen molar-refractivity contribution in [1.29, 1.82) is 0 Å². The van der Waals surface area contributed by atoms with E-state index in [1.807, 2.05) is 6.92 Å². The Labute approximate surface area is 63.6 Å². The minimum Gasteiger partial charge on any atom is -0.306 e. The number of hydrogen-bond donors (Lipinski definition) is 2. The average Bonchev–Trinajstić information content (AvgIpc) is 1.63. The van der Waals surface area contributed by atoms with Gasteiger partial charge < -0.3 is 5.32 Å². The molecule has 0 unspecified atom stereocenters. The summed E-state index contributed by atoms with van der Waals surface area (Å²) < 4.78 is 0.